The molecule has 9 heteroatoms. The number of pyridine rings is 1. The van der Waals surface area contributed by atoms with E-state index < -0.39 is 22.0 Å². The average molecular weight is 445 g/mol. The van der Waals surface area contributed by atoms with Crippen molar-refractivity contribution in [2.75, 3.05) is 6.61 Å². The Morgan fingerprint density at radius 2 is 1.90 bits per heavy atom. The number of carbonyl (C=O) groups excluding carboxylic acids is 1. The number of fused-ring (bicyclic) bond motifs is 1. The van der Waals surface area contributed by atoms with Crippen LogP contribution in [0.2, 0.25) is 0 Å². The van der Waals surface area contributed by atoms with E-state index in [1.807, 2.05) is 26.8 Å². The number of carbonyl (C=O) groups is 1. The smallest absolute Gasteiger partial charge is 0.324 e. The van der Waals surface area contributed by atoms with Gasteiger partial charge in [-0.3, -0.25) is 9.78 Å². The molecule has 2 aromatic heterocycles. The maximum absolute atomic E-state index is 12.8. The second-order valence-electron chi connectivity index (χ2n) is 7.85. The fraction of sp³-hybridized carbons (Fsp3) is 0.409. The molecule has 0 spiro atoms. The zero-order valence-electron chi connectivity index (χ0n) is 18.2. The number of sulfonamides is 1. The number of hydrogen-bond acceptors (Lipinski definition) is 6. The van der Waals surface area contributed by atoms with Crippen LogP contribution in [0.3, 0.4) is 0 Å². The molecular formula is C22H28N4O4S. The van der Waals surface area contributed by atoms with E-state index in [2.05, 4.69) is 19.7 Å². The first kappa shape index (κ1) is 22.9. The summed E-state index contributed by atoms with van der Waals surface area (Å²) in [4.78, 5) is 24.4. The highest BCUT2D eigenvalue weighted by Gasteiger charge is 2.27. The molecule has 8 nitrogen and oxygen atoms in total. The minimum atomic E-state index is -3.87. The molecule has 1 atom stereocenters. The molecular weight excluding hydrogens is 416 g/mol. The van der Waals surface area contributed by atoms with Crippen LogP contribution < -0.4 is 4.72 Å². The molecule has 31 heavy (non-hydrogen) atoms. The number of H-pyrrole nitrogens is 1. The normalized spacial score (nSPS) is 12.9. The predicted octanol–water partition coefficient (Wildman–Crippen LogP) is 3.11. The quantitative estimate of drug-likeness (QED) is 0.490. The number of rotatable bonds is 9. The van der Waals surface area contributed by atoms with Crippen LogP contribution in [-0.2, 0) is 26.0 Å². The van der Waals surface area contributed by atoms with Gasteiger partial charge in [0.25, 0.3) is 0 Å². The fourth-order valence-electron chi connectivity index (χ4n) is 3.38. The van der Waals surface area contributed by atoms with Crippen LogP contribution in [-0.4, -0.2) is 42.0 Å². The van der Waals surface area contributed by atoms with Gasteiger partial charge >= 0.3 is 5.97 Å². The van der Waals surface area contributed by atoms with E-state index in [4.69, 9.17) is 4.74 Å². The molecule has 3 aromatic rings. The standard InChI is InChI=1S/C22H28N4O4S/c1-5-30-22(27)20(12-14(2)3)26-31(28,29)17-8-6-16(7-9-17)13-19-21-18(10-11-23-19)24-15(4)25-21/h6-11,14,20,26H,5,12-13H2,1-4H3,(H,24,25)/t20-/m0/s1. The summed E-state index contributed by atoms with van der Waals surface area (Å²) in [5, 5.41) is 0. The Kier molecular flexibility index (Phi) is 7.07. The summed E-state index contributed by atoms with van der Waals surface area (Å²) in [6.07, 6.45) is 2.60. The molecule has 1 aromatic carbocycles. The number of nitrogens with zero attached hydrogens (tertiary/aromatic N) is 2. The third-order valence-corrected chi connectivity index (χ3v) is 6.26. The number of hydrogen-bond donors (Lipinski definition) is 2. The van der Waals surface area contributed by atoms with Crippen LogP contribution in [0.15, 0.2) is 41.4 Å². The van der Waals surface area contributed by atoms with Crippen LogP contribution >= 0.6 is 0 Å². The lowest BCUT2D eigenvalue weighted by Gasteiger charge is -2.19. The van der Waals surface area contributed by atoms with E-state index in [1.165, 1.54) is 12.1 Å². The number of aromatic amines is 1. The van der Waals surface area contributed by atoms with Crippen molar-refractivity contribution in [1.29, 1.82) is 0 Å². The molecule has 2 heterocycles. The molecule has 0 amide bonds. The van der Waals surface area contributed by atoms with E-state index in [9.17, 15) is 13.2 Å². The molecule has 0 bridgehead atoms. The van der Waals surface area contributed by atoms with Gasteiger partial charge in [0.2, 0.25) is 10.0 Å². The van der Waals surface area contributed by atoms with Crippen LogP contribution in [0.25, 0.3) is 11.0 Å². The molecule has 0 saturated heterocycles. The Morgan fingerprint density at radius 3 is 2.55 bits per heavy atom. The van der Waals surface area contributed by atoms with E-state index in [0.29, 0.717) is 12.8 Å². The number of imidazole rings is 1. The Labute approximate surface area is 182 Å². The number of esters is 1. The molecule has 0 saturated carbocycles. The van der Waals surface area contributed by atoms with Gasteiger partial charge in [0.05, 0.1) is 22.7 Å². The van der Waals surface area contributed by atoms with Gasteiger partial charge in [0.15, 0.2) is 0 Å². The third kappa shape index (κ3) is 5.68. The van der Waals surface area contributed by atoms with Gasteiger partial charge in [-0.25, -0.2) is 13.4 Å². The zero-order chi connectivity index (χ0) is 22.6. The second-order valence-corrected chi connectivity index (χ2v) is 9.57. The van der Waals surface area contributed by atoms with Gasteiger partial charge in [-0.15, -0.1) is 0 Å². The summed E-state index contributed by atoms with van der Waals surface area (Å²) in [7, 11) is -3.87. The van der Waals surface area contributed by atoms with Gasteiger partial charge < -0.3 is 9.72 Å². The van der Waals surface area contributed by atoms with E-state index in [1.54, 1.807) is 25.3 Å². The SMILES string of the molecule is CCOC(=O)[C@H](CC(C)C)NS(=O)(=O)c1ccc(Cc2nccc3[nH]c(C)nc23)cc1. The number of ether oxygens (including phenoxy) is 1. The average Bonchev–Trinajstić information content (AvgIpc) is 3.09. The Hall–Kier alpha value is -2.78. The number of benzene rings is 1. The monoisotopic (exact) mass is 444 g/mol. The van der Waals surface area contributed by atoms with Gasteiger partial charge in [-0.1, -0.05) is 26.0 Å². The summed E-state index contributed by atoms with van der Waals surface area (Å²) in [5.41, 5.74) is 3.45. The second kappa shape index (κ2) is 9.57. The Bertz CT molecular complexity index is 1150. The largest absolute Gasteiger partial charge is 0.465 e. The van der Waals surface area contributed by atoms with Crippen molar-refractivity contribution in [3.05, 3.63) is 53.6 Å². The Balaban J connectivity index is 1.78. The van der Waals surface area contributed by atoms with Crippen molar-refractivity contribution in [3.63, 3.8) is 0 Å². The molecule has 0 aliphatic heterocycles. The fourth-order valence-corrected chi connectivity index (χ4v) is 4.58. The van der Waals surface area contributed by atoms with Crippen molar-refractivity contribution in [2.45, 2.75) is 51.5 Å². The molecule has 0 unspecified atom stereocenters. The Morgan fingerprint density at radius 1 is 1.19 bits per heavy atom. The van der Waals surface area contributed by atoms with Crippen molar-refractivity contribution in [2.24, 2.45) is 5.92 Å². The van der Waals surface area contributed by atoms with E-state index in [0.717, 1.165) is 28.1 Å². The van der Waals surface area contributed by atoms with Crippen molar-refractivity contribution in [3.8, 4) is 0 Å². The summed E-state index contributed by atoms with van der Waals surface area (Å²) in [5.74, 6) is 0.375. The maximum Gasteiger partial charge on any atom is 0.324 e. The molecule has 0 radical (unpaired) electrons. The van der Waals surface area contributed by atoms with Crippen LogP contribution in [0, 0.1) is 12.8 Å². The summed E-state index contributed by atoms with van der Waals surface area (Å²) in [6.45, 7) is 7.62. The summed E-state index contributed by atoms with van der Waals surface area (Å²) < 4.78 is 33.2. The molecule has 3 rings (SSSR count). The lowest BCUT2D eigenvalue weighted by atomic mass is 10.1. The minimum Gasteiger partial charge on any atom is -0.465 e. The van der Waals surface area contributed by atoms with Crippen LogP contribution in [0.4, 0.5) is 0 Å². The lowest BCUT2D eigenvalue weighted by molar-refractivity contribution is -0.145. The van der Waals surface area contributed by atoms with E-state index in [-0.39, 0.29) is 17.4 Å². The van der Waals surface area contributed by atoms with E-state index >= 15 is 0 Å². The molecule has 0 aliphatic carbocycles. The van der Waals surface area contributed by atoms with Gasteiger partial charge in [-0.2, -0.15) is 4.72 Å². The van der Waals surface area contributed by atoms with Gasteiger partial charge in [-0.05, 0) is 49.9 Å². The van der Waals surface area contributed by atoms with Gasteiger partial charge in [0, 0.05) is 12.6 Å². The van der Waals surface area contributed by atoms with Crippen molar-refractivity contribution < 1.29 is 17.9 Å². The molecule has 0 aliphatic rings. The highest BCUT2D eigenvalue weighted by Crippen LogP contribution is 2.19. The topological polar surface area (TPSA) is 114 Å². The first-order valence-electron chi connectivity index (χ1n) is 10.3. The number of aromatic nitrogens is 3. The van der Waals surface area contributed by atoms with Crippen LogP contribution in [0.1, 0.15) is 44.3 Å². The first-order chi connectivity index (χ1) is 14.7. The zero-order valence-corrected chi connectivity index (χ0v) is 19.0. The predicted molar refractivity (Wildman–Crippen MR) is 118 cm³/mol. The van der Waals surface area contributed by atoms with Crippen LogP contribution in [0.5, 0.6) is 0 Å². The highest BCUT2D eigenvalue weighted by molar-refractivity contribution is 7.89. The summed E-state index contributed by atoms with van der Waals surface area (Å²) >= 11 is 0. The number of nitrogens with one attached hydrogen (secondary N) is 2. The highest BCUT2D eigenvalue weighted by atomic mass is 32.2. The van der Waals surface area contributed by atoms with Crippen molar-refractivity contribution >= 4 is 27.0 Å². The molecule has 0 fully saturated rings. The minimum absolute atomic E-state index is 0.0936. The van der Waals surface area contributed by atoms with Crippen molar-refractivity contribution in [1.82, 2.24) is 19.7 Å². The van der Waals surface area contributed by atoms with Gasteiger partial charge in [0.1, 0.15) is 17.4 Å². The summed E-state index contributed by atoms with van der Waals surface area (Å²) in [6, 6.07) is 7.51. The first-order valence-corrected chi connectivity index (χ1v) is 11.8. The molecule has 166 valence electrons. The molecule has 2 N–H and O–H groups in total. The number of aryl methyl sites for hydroxylation is 1. The third-order valence-electron chi connectivity index (χ3n) is 4.78. The lowest BCUT2D eigenvalue weighted by Crippen LogP contribution is -2.42. The maximum atomic E-state index is 12.8.